The van der Waals surface area contributed by atoms with Gasteiger partial charge in [0.25, 0.3) is 0 Å². The van der Waals surface area contributed by atoms with Crippen LogP contribution in [0, 0.1) is 11.8 Å². The number of methoxy groups -OCH3 is 2. The average molecular weight is 364 g/mol. The van der Waals surface area contributed by atoms with E-state index in [9.17, 15) is 0 Å². The molecule has 142 valence electrons. The summed E-state index contributed by atoms with van der Waals surface area (Å²) in [5.74, 6) is 8.51. The molecule has 0 atom stereocenters. The van der Waals surface area contributed by atoms with Crippen molar-refractivity contribution in [1.29, 1.82) is 0 Å². The van der Waals surface area contributed by atoms with E-state index in [4.69, 9.17) is 9.47 Å². The fourth-order valence-corrected chi connectivity index (χ4v) is 3.70. The van der Waals surface area contributed by atoms with E-state index in [0.29, 0.717) is 0 Å². The van der Waals surface area contributed by atoms with E-state index < -0.39 is 0 Å². The molecular weight excluding hydrogens is 334 g/mol. The van der Waals surface area contributed by atoms with E-state index >= 15 is 0 Å². The minimum absolute atomic E-state index is 0.0648. The first-order chi connectivity index (χ1) is 13.2. The molecule has 1 aliphatic rings. The Balaban J connectivity index is 1.66. The molecule has 0 bridgehead atoms. The van der Waals surface area contributed by atoms with Gasteiger partial charge in [-0.3, -0.25) is 0 Å². The lowest BCUT2D eigenvalue weighted by Crippen LogP contribution is -2.46. The fourth-order valence-electron chi connectivity index (χ4n) is 3.70. The first-order valence-corrected chi connectivity index (χ1v) is 9.79. The molecule has 0 unspecified atom stereocenters. The monoisotopic (exact) mass is 363 g/mol. The highest BCUT2D eigenvalue weighted by Crippen LogP contribution is 2.29. The smallest absolute Gasteiger partial charge is 0.160 e. The first-order valence-electron chi connectivity index (χ1n) is 9.79. The van der Waals surface area contributed by atoms with E-state index in [1.807, 2.05) is 24.3 Å². The van der Waals surface area contributed by atoms with Crippen LogP contribution in [-0.4, -0.2) is 26.3 Å². The Morgan fingerprint density at radius 2 is 1.67 bits per heavy atom. The molecule has 3 rings (SSSR count). The molecule has 3 nitrogen and oxygen atoms in total. The maximum atomic E-state index is 5.41. The quantitative estimate of drug-likeness (QED) is 0.762. The third kappa shape index (κ3) is 5.28. The van der Waals surface area contributed by atoms with Crippen LogP contribution in [0.3, 0.4) is 0 Å². The predicted octanol–water partition coefficient (Wildman–Crippen LogP) is 4.59. The molecule has 0 amide bonds. The largest absolute Gasteiger partial charge is 0.493 e. The van der Waals surface area contributed by atoms with Crippen LogP contribution in [0.1, 0.15) is 43.2 Å². The van der Waals surface area contributed by atoms with Crippen LogP contribution in [0.4, 0.5) is 0 Å². The molecule has 0 radical (unpaired) electrons. The van der Waals surface area contributed by atoms with Crippen molar-refractivity contribution in [3.05, 3.63) is 59.7 Å². The van der Waals surface area contributed by atoms with Gasteiger partial charge in [-0.25, -0.2) is 0 Å². The molecular formula is C24H29NO2. The number of hydrogen-bond donors (Lipinski definition) is 1. The van der Waals surface area contributed by atoms with Crippen molar-refractivity contribution < 1.29 is 9.47 Å². The summed E-state index contributed by atoms with van der Waals surface area (Å²) in [5.41, 5.74) is 2.26. The molecule has 27 heavy (non-hydrogen) atoms. The van der Waals surface area contributed by atoms with Crippen LogP contribution < -0.4 is 14.8 Å². The summed E-state index contributed by atoms with van der Waals surface area (Å²) in [6.45, 7) is 0.902. The molecule has 1 aliphatic carbocycles. The second-order valence-electron chi connectivity index (χ2n) is 7.12. The van der Waals surface area contributed by atoms with Crippen LogP contribution in [-0.2, 0) is 6.42 Å². The van der Waals surface area contributed by atoms with E-state index in [2.05, 4.69) is 41.4 Å². The Hall–Kier alpha value is -2.44. The van der Waals surface area contributed by atoms with Gasteiger partial charge in [-0.05, 0) is 49.1 Å². The van der Waals surface area contributed by atoms with Gasteiger partial charge >= 0.3 is 0 Å². The highest BCUT2D eigenvalue weighted by Gasteiger charge is 2.29. The summed E-state index contributed by atoms with van der Waals surface area (Å²) >= 11 is 0. The zero-order chi connectivity index (χ0) is 19.0. The Morgan fingerprint density at radius 3 is 2.37 bits per heavy atom. The van der Waals surface area contributed by atoms with Gasteiger partial charge < -0.3 is 14.8 Å². The minimum atomic E-state index is -0.0648. The zero-order valence-corrected chi connectivity index (χ0v) is 16.4. The van der Waals surface area contributed by atoms with Crippen molar-refractivity contribution in [2.45, 2.75) is 44.1 Å². The van der Waals surface area contributed by atoms with Crippen LogP contribution in [0.5, 0.6) is 11.5 Å². The van der Waals surface area contributed by atoms with Gasteiger partial charge in [0.2, 0.25) is 0 Å². The molecule has 2 aromatic rings. The van der Waals surface area contributed by atoms with E-state index in [1.54, 1.807) is 14.2 Å². The molecule has 0 aromatic heterocycles. The molecule has 2 aromatic carbocycles. The van der Waals surface area contributed by atoms with Gasteiger partial charge in [-0.15, -0.1) is 0 Å². The van der Waals surface area contributed by atoms with Gasteiger partial charge in [0.05, 0.1) is 19.8 Å². The molecule has 0 heterocycles. The average Bonchev–Trinajstić information content (AvgIpc) is 2.73. The lowest BCUT2D eigenvalue weighted by atomic mass is 9.82. The highest BCUT2D eigenvalue weighted by molar-refractivity contribution is 5.43. The molecule has 1 saturated carbocycles. The van der Waals surface area contributed by atoms with Crippen molar-refractivity contribution in [2.24, 2.45) is 0 Å². The van der Waals surface area contributed by atoms with Crippen LogP contribution in [0.2, 0.25) is 0 Å². The lowest BCUT2D eigenvalue weighted by molar-refractivity contribution is 0.302. The highest BCUT2D eigenvalue weighted by atomic mass is 16.5. The Labute approximate surface area is 163 Å². The molecule has 1 N–H and O–H groups in total. The molecule has 1 fully saturated rings. The Morgan fingerprint density at radius 1 is 0.926 bits per heavy atom. The maximum Gasteiger partial charge on any atom is 0.160 e. The Bertz CT molecular complexity index is 783. The number of benzene rings is 2. The van der Waals surface area contributed by atoms with Crippen molar-refractivity contribution in [1.82, 2.24) is 5.32 Å². The maximum absolute atomic E-state index is 5.41. The van der Waals surface area contributed by atoms with E-state index in [1.165, 1.54) is 24.8 Å². The number of nitrogens with one attached hydrogen (secondary N) is 1. The normalized spacial score (nSPS) is 15.5. The first kappa shape index (κ1) is 19.3. The summed E-state index contributed by atoms with van der Waals surface area (Å²) in [4.78, 5) is 0. The standard InChI is InChI=1S/C24H29NO2/c1-26-22-12-11-21(19-23(22)27-2)14-18-25-24(15-7-4-8-16-24)17-13-20-9-5-3-6-10-20/h3,5-6,9-12,19,25H,4,7-8,14-16,18H2,1-2H3. The van der Waals surface area contributed by atoms with Crippen molar-refractivity contribution in [3.8, 4) is 23.3 Å². The molecule has 0 aliphatic heterocycles. The van der Waals surface area contributed by atoms with Crippen molar-refractivity contribution in [2.75, 3.05) is 20.8 Å². The third-order valence-corrected chi connectivity index (χ3v) is 5.25. The summed E-state index contributed by atoms with van der Waals surface area (Å²) in [5, 5.41) is 3.77. The fraction of sp³-hybridized carbons (Fsp3) is 0.417. The van der Waals surface area contributed by atoms with E-state index in [0.717, 1.165) is 42.9 Å². The van der Waals surface area contributed by atoms with Crippen LogP contribution in [0.25, 0.3) is 0 Å². The second kappa shape index (κ2) is 9.48. The summed E-state index contributed by atoms with van der Waals surface area (Å²) in [7, 11) is 3.34. The second-order valence-corrected chi connectivity index (χ2v) is 7.12. The van der Waals surface area contributed by atoms with Gasteiger partial charge in [0.15, 0.2) is 11.5 Å². The lowest BCUT2D eigenvalue weighted by Gasteiger charge is -2.33. The number of hydrogen-bond acceptors (Lipinski definition) is 3. The number of ether oxygens (including phenoxy) is 2. The molecule has 3 heteroatoms. The zero-order valence-electron chi connectivity index (χ0n) is 16.4. The molecule has 0 saturated heterocycles. The molecule has 0 spiro atoms. The predicted molar refractivity (Wildman–Crippen MR) is 110 cm³/mol. The van der Waals surface area contributed by atoms with Gasteiger partial charge in [0.1, 0.15) is 0 Å². The topological polar surface area (TPSA) is 30.5 Å². The summed E-state index contributed by atoms with van der Waals surface area (Å²) in [6, 6.07) is 16.4. The van der Waals surface area contributed by atoms with Gasteiger partial charge in [-0.1, -0.05) is 55.4 Å². The van der Waals surface area contributed by atoms with Crippen LogP contribution >= 0.6 is 0 Å². The summed E-state index contributed by atoms with van der Waals surface area (Å²) < 4.78 is 10.7. The SMILES string of the molecule is COc1ccc(CCNC2(C#Cc3ccccc3)CCCCC2)cc1OC. The summed E-state index contributed by atoms with van der Waals surface area (Å²) in [6.07, 6.45) is 6.98. The van der Waals surface area contributed by atoms with Crippen LogP contribution in [0.15, 0.2) is 48.5 Å². The van der Waals surface area contributed by atoms with Gasteiger partial charge in [-0.2, -0.15) is 0 Å². The minimum Gasteiger partial charge on any atom is -0.493 e. The Kier molecular flexibility index (Phi) is 6.79. The van der Waals surface area contributed by atoms with Gasteiger partial charge in [0, 0.05) is 12.1 Å². The van der Waals surface area contributed by atoms with Crippen molar-refractivity contribution >= 4 is 0 Å². The number of rotatable bonds is 6. The van der Waals surface area contributed by atoms with Crippen molar-refractivity contribution in [3.63, 3.8) is 0 Å². The van der Waals surface area contributed by atoms with E-state index in [-0.39, 0.29) is 5.54 Å². The third-order valence-electron chi connectivity index (χ3n) is 5.25.